The predicted octanol–water partition coefficient (Wildman–Crippen LogP) is 4.71. The SMILES string of the molecule is COc1cc2c(cc1Cl)CCNC2c1ccccc1C(C)C. The number of ether oxygens (including phenoxy) is 1. The van der Waals surface area contributed by atoms with Gasteiger partial charge in [0, 0.05) is 6.54 Å². The smallest absolute Gasteiger partial charge is 0.137 e. The Morgan fingerprint density at radius 1 is 1.18 bits per heavy atom. The Morgan fingerprint density at radius 2 is 1.95 bits per heavy atom. The summed E-state index contributed by atoms with van der Waals surface area (Å²) in [5, 5.41) is 4.35. The van der Waals surface area contributed by atoms with Crippen LogP contribution in [0.15, 0.2) is 36.4 Å². The van der Waals surface area contributed by atoms with Crippen molar-refractivity contribution < 1.29 is 4.74 Å². The molecule has 2 aromatic carbocycles. The molecule has 0 aliphatic carbocycles. The molecule has 22 heavy (non-hydrogen) atoms. The first-order chi connectivity index (χ1) is 10.6. The van der Waals surface area contributed by atoms with Crippen LogP contribution in [0.2, 0.25) is 5.02 Å². The van der Waals surface area contributed by atoms with Crippen LogP contribution < -0.4 is 10.1 Å². The molecule has 116 valence electrons. The first kappa shape index (κ1) is 15.4. The van der Waals surface area contributed by atoms with E-state index in [0.717, 1.165) is 18.7 Å². The van der Waals surface area contributed by atoms with Gasteiger partial charge in [-0.1, -0.05) is 49.7 Å². The minimum absolute atomic E-state index is 0.202. The Bertz CT molecular complexity index is 681. The standard InChI is InChI=1S/C19H22ClNO/c1-12(2)14-6-4-5-7-15(14)19-16-11-18(22-3)17(20)10-13(16)8-9-21-19/h4-7,10-12,19,21H,8-9H2,1-3H3. The minimum atomic E-state index is 0.202. The molecule has 2 nitrogen and oxygen atoms in total. The molecule has 2 aromatic rings. The molecule has 0 aromatic heterocycles. The summed E-state index contributed by atoms with van der Waals surface area (Å²) in [5.74, 6) is 1.24. The molecule has 0 spiro atoms. The number of hydrogen-bond acceptors (Lipinski definition) is 2. The molecule has 1 aliphatic heterocycles. The summed E-state index contributed by atoms with van der Waals surface area (Å²) in [6, 6.07) is 13.0. The highest BCUT2D eigenvalue weighted by Gasteiger charge is 2.25. The molecule has 3 heteroatoms. The number of nitrogens with one attached hydrogen (secondary N) is 1. The number of rotatable bonds is 3. The van der Waals surface area contributed by atoms with Gasteiger partial charge in [0.25, 0.3) is 0 Å². The van der Waals surface area contributed by atoms with Crippen LogP contribution in [-0.2, 0) is 6.42 Å². The molecule has 0 bridgehead atoms. The van der Waals surface area contributed by atoms with Gasteiger partial charge in [-0.05, 0) is 46.7 Å². The van der Waals surface area contributed by atoms with E-state index in [1.54, 1.807) is 7.11 Å². The van der Waals surface area contributed by atoms with Gasteiger partial charge in [0.1, 0.15) is 5.75 Å². The number of benzene rings is 2. The van der Waals surface area contributed by atoms with Crippen molar-refractivity contribution in [1.82, 2.24) is 5.32 Å². The van der Waals surface area contributed by atoms with Crippen molar-refractivity contribution in [2.75, 3.05) is 13.7 Å². The Kier molecular flexibility index (Phi) is 4.42. The number of methoxy groups -OCH3 is 1. The first-order valence-corrected chi connectivity index (χ1v) is 8.18. The molecular formula is C19H22ClNO. The lowest BCUT2D eigenvalue weighted by atomic mass is 9.85. The fourth-order valence-electron chi connectivity index (χ4n) is 3.29. The zero-order chi connectivity index (χ0) is 15.7. The molecule has 1 aliphatic rings. The van der Waals surface area contributed by atoms with E-state index in [1.165, 1.54) is 22.3 Å². The second-order valence-electron chi connectivity index (χ2n) is 6.11. The zero-order valence-electron chi connectivity index (χ0n) is 13.3. The number of halogens is 1. The maximum absolute atomic E-state index is 6.29. The van der Waals surface area contributed by atoms with E-state index in [1.807, 2.05) is 0 Å². The molecule has 0 saturated heterocycles. The molecule has 0 radical (unpaired) electrons. The molecule has 0 amide bonds. The van der Waals surface area contributed by atoms with E-state index >= 15 is 0 Å². The first-order valence-electron chi connectivity index (χ1n) is 7.80. The normalized spacial score (nSPS) is 17.4. The van der Waals surface area contributed by atoms with E-state index in [9.17, 15) is 0 Å². The third-order valence-electron chi connectivity index (χ3n) is 4.40. The van der Waals surface area contributed by atoms with Gasteiger partial charge in [-0.3, -0.25) is 0 Å². The predicted molar refractivity (Wildman–Crippen MR) is 92.1 cm³/mol. The van der Waals surface area contributed by atoms with Crippen LogP contribution in [0, 0.1) is 0 Å². The van der Waals surface area contributed by atoms with Crippen molar-refractivity contribution in [2.45, 2.75) is 32.2 Å². The van der Waals surface area contributed by atoms with Crippen LogP contribution in [0.4, 0.5) is 0 Å². The lowest BCUT2D eigenvalue weighted by molar-refractivity contribution is 0.412. The molecule has 1 unspecified atom stereocenters. The van der Waals surface area contributed by atoms with Crippen LogP contribution in [0.3, 0.4) is 0 Å². The van der Waals surface area contributed by atoms with Gasteiger partial charge < -0.3 is 10.1 Å². The van der Waals surface area contributed by atoms with Gasteiger partial charge in [0.15, 0.2) is 0 Å². The van der Waals surface area contributed by atoms with Crippen molar-refractivity contribution in [3.8, 4) is 5.75 Å². The summed E-state index contributed by atoms with van der Waals surface area (Å²) in [6.45, 7) is 5.45. The van der Waals surface area contributed by atoms with Gasteiger partial charge in [0.2, 0.25) is 0 Å². The van der Waals surface area contributed by atoms with Crippen molar-refractivity contribution >= 4 is 11.6 Å². The summed E-state index contributed by atoms with van der Waals surface area (Å²) in [4.78, 5) is 0. The fourth-order valence-corrected chi connectivity index (χ4v) is 3.55. The molecule has 1 heterocycles. The molecular weight excluding hydrogens is 294 g/mol. The lowest BCUT2D eigenvalue weighted by Crippen LogP contribution is -2.31. The topological polar surface area (TPSA) is 21.3 Å². The highest BCUT2D eigenvalue weighted by atomic mass is 35.5. The summed E-state index contributed by atoms with van der Waals surface area (Å²) in [6.07, 6.45) is 0.999. The van der Waals surface area contributed by atoms with Crippen LogP contribution in [0.1, 0.15) is 48.1 Å². The van der Waals surface area contributed by atoms with E-state index in [0.29, 0.717) is 10.9 Å². The van der Waals surface area contributed by atoms with Crippen molar-refractivity contribution in [3.05, 3.63) is 63.7 Å². The van der Waals surface area contributed by atoms with E-state index in [4.69, 9.17) is 16.3 Å². The zero-order valence-corrected chi connectivity index (χ0v) is 14.1. The average Bonchev–Trinajstić information content (AvgIpc) is 2.53. The number of fused-ring (bicyclic) bond motifs is 1. The molecule has 3 rings (SSSR count). The quantitative estimate of drug-likeness (QED) is 0.886. The lowest BCUT2D eigenvalue weighted by Gasteiger charge is -2.30. The number of hydrogen-bond donors (Lipinski definition) is 1. The van der Waals surface area contributed by atoms with Crippen LogP contribution in [-0.4, -0.2) is 13.7 Å². The van der Waals surface area contributed by atoms with Crippen molar-refractivity contribution in [2.24, 2.45) is 0 Å². The Hall–Kier alpha value is -1.51. The summed E-state index contributed by atoms with van der Waals surface area (Å²) >= 11 is 6.29. The van der Waals surface area contributed by atoms with Gasteiger partial charge in [-0.25, -0.2) is 0 Å². The maximum atomic E-state index is 6.29. The van der Waals surface area contributed by atoms with E-state index in [2.05, 4.69) is 55.6 Å². The molecule has 0 fully saturated rings. The third kappa shape index (κ3) is 2.73. The Labute approximate surface area is 137 Å². The van der Waals surface area contributed by atoms with Crippen molar-refractivity contribution in [3.63, 3.8) is 0 Å². The van der Waals surface area contributed by atoms with Crippen LogP contribution in [0.25, 0.3) is 0 Å². The molecule has 1 atom stereocenters. The van der Waals surface area contributed by atoms with Gasteiger partial charge >= 0.3 is 0 Å². The molecule has 1 N–H and O–H groups in total. The van der Waals surface area contributed by atoms with Gasteiger partial charge in [-0.15, -0.1) is 0 Å². The van der Waals surface area contributed by atoms with Gasteiger partial charge in [-0.2, -0.15) is 0 Å². The van der Waals surface area contributed by atoms with E-state index in [-0.39, 0.29) is 6.04 Å². The Morgan fingerprint density at radius 3 is 2.68 bits per heavy atom. The average molecular weight is 316 g/mol. The summed E-state index contributed by atoms with van der Waals surface area (Å²) in [5.41, 5.74) is 5.33. The second kappa shape index (κ2) is 6.31. The van der Waals surface area contributed by atoms with Crippen LogP contribution >= 0.6 is 11.6 Å². The largest absolute Gasteiger partial charge is 0.495 e. The van der Waals surface area contributed by atoms with E-state index < -0.39 is 0 Å². The van der Waals surface area contributed by atoms with Gasteiger partial charge in [0.05, 0.1) is 18.2 Å². The monoisotopic (exact) mass is 315 g/mol. The minimum Gasteiger partial charge on any atom is -0.495 e. The summed E-state index contributed by atoms with van der Waals surface area (Å²) in [7, 11) is 1.67. The highest BCUT2D eigenvalue weighted by Crippen LogP contribution is 2.37. The second-order valence-corrected chi connectivity index (χ2v) is 6.51. The Balaban J connectivity index is 2.12. The van der Waals surface area contributed by atoms with Crippen LogP contribution in [0.5, 0.6) is 5.75 Å². The fraction of sp³-hybridized carbons (Fsp3) is 0.368. The maximum Gasteiger partial charge on any atom is 0.137 e. The summed E-state index contributed by atoms with van der Waals surface area (Å²) < 4.78 is 5.41. The third-order valence-corrected chi connectivity index (χ3v) is 4.69. The van der Waals surface area contributed by atoms with Crippen molar-refractivity contribution in [1.29, 1.82) is 0 Å². The molecule has 0 saturated carbocycles. The highest BCUT2D eigenvalue weighted by molar-refractivity contribution is 6.32.